The highest BCUT2D eigenvalue weighted by atomic mass is 32.2. The molecule has 5 nitrogen and oxygen atoms in total. The SMILES string of the molecule is COc1ccc(OC)c(NC(=S)NCCSCc2ccco2)c1. The highest BCUT2D eigenvalue weighted by Crippen LogP contribution is 2.28. The Morgan fingerprint density at radius 3 is 2.83 bits per heavy atom. The summed E-state index contributed by atoms with van der Waals surface area (Å²) in [5.41, 5.74) is 0.771. The van der Waals surface area contributed by atoms with E-state index in [-0.39, 0.29) is 0 Å². The predicted molar refractivity (Wildman–Crippen MR) is 98.6 cm³/mol. The molecule has 124 valence electrons. The lowest BCUT2D eigenvalue weighted by atomic mass is 10.2. The Kier molecular flexibility index (Phi) is 7.09. The Bertz CT molecular complexity index is 618. The van der Waals surface area contributed by atoms with E-state index in [1.807, 2.05) is 30.3 Å². The molecule has 0 unspecified atom stereocenters. The van der Waals surface area contributed by atoms with E-state index in [1.54, 1.807) is 32.2 Å². The number of furan rings is 1. The van der Waals surface area contributed by atoms with E-state index in [9.17, 15) is 0 Å². The van der Waals surface area contributed by atoms with E-state index in [0.717, 1.165) is 35.2 Å². The van der Waals surface area contributed by atoms with Crippen molar-refractivity contribution in [1.29, 1.82) is 0 Å². The predicted octanol–water partition coefficient (Wildman–Crippen LogP) is 3.52. The molecule has 0 spiro atoms. The molecule has 0 aliphatic heterocycles. The minimum atomic E-state index is 0.551. The monoisotopic (exact) mass is 352 g/mol. The number of anilines is 1. The Balaban J connectivity index is 1.73. The highest BCUT2D eigenvalue weighted by molar-refractivity contribution is 7.98. The second-order valence-electron chi connectivity index (χ2n) is 4.58. The third kappa shape index (κ3) is 5.69. The molecule has 1 aromatic carbocycles. The van der Waals surface area contributed by atoms with E-state index < -0.39 is 0 Å². The van der Waals surface area contributed by atoms with E-state index in [0.29, 0.717) is 10.9 Å². The zero-order chi connectivity index (χ0) is 16.5. The van der Waals surface area contributed by atoms with Crippen molar-refractivity contribution >= 4 is 34.8 Å². The van der Waals surface area contributed by atoms with Gasteiger partial charge in [-0.2, -0.15) is 11.8 Å². The summed E-state index contributed by atoms with van der Waals surface area (Å²) in [5, 5.41) is 6.85. The van der Waals surface area contributed by atoms with Gasteiger partial charge in [-0.3, -0.25) is 0 Å². The van der Waals surface area contributed by atoms with Crippen molar-refractivity contribution in [2.75, 3.05) is 31.8 Å². The zero-order valence-electron chi connectivity index (χ0n) is 13.1. The molecule has 0 saturated carbocycles. The number of thioether (sulfide) groups is 1. The number of rotatable bonds is 8. The summed E-state index contributed by atoms with van der Waals surface area (Å²) in [7, 11) is 3.24. The van der Waals surface area contributed by atoms with Gasteiger partial charge in [0.1, 0.15) is 17.3 Å². The average Bonchev–Trinajstić information content (AvgIpc) is 3.07. The Morgan fingerprint density at radius 2 is 2.13 bits per heavy atom. The van der Waals surface area contributed by atoms with Crippen molar-refractivity contribution in [2.24, 2.45) is 0 Å². The molecule has 0 atom stereocenters. The first-order chi connectivity index (χ1) is 11.2. The van der Waals surface area contributed by atoms with E-state index in [4.69, 9.17) is 26.1 Å². The lowest BCUT2D eigenvalue weighted by Crippen LogP contribution is -2.30. The van der Waals surface area contributed by atoms with Crippen LogP contribution in [-0.2, 0) is 5.75 Å². The summed E-state index contributed by atoms with van der Waals surface area (Å²) in [5.74, 6) is 4.22. The summed E-state index contributed by atoms with van der Waals surface area (Å²) < 4.78 is 15.8. The molecule has 0 fully saturated rings. The Labute approximate surface area is 145 Å². The minimum absolute atomic E-state index is 0.551. The molecule has 0 aliphatic rings. The van der Waals surface area contributed by atoms with Gasteiger partial charge in [0.15, 0.2) is 5.11 Å². The van der Waals surface area contributed by atoms with Crippen LogP contribution in [0.5, 0.6) is 11.5 Å². The molecule has 0 bridgehead atoms. The summed E-state index contributed by atoms with van der Waals surface area (Å²) in [6, 6.07) is 9.39. The molecule has 2 rings (SSSR count). The van der Waals surface area contributed by atoms with E-state index in [2.05, 4.69) is 10.6 Å². The van der Waals surface area contributed by atoms with Crippen molar-refractivity contribution in [3.8, 4) is 11.5 Å². The van der Waals surface area contributed by atoms with E-state index >= 15 is 0 Å². The van der Waals surface area contributed by atoms with Crippen LogP contribution in [0.25, 0.3) is 0 Å². The van der Waals surface area contributed by atoms with Gasteiger partial charge in [-0.25, -0.2) is 0 Å². The number of nitrogens with one attached hydrogen (secondary N) is 2. The smallest absolute Gasteiger partial charge is 0.170 e. The summed E-state index contributed by atoms with van der Waals surface area (Å²) >= 11 is 7.09. The molecule has 0 saturated heterocycles. The van der Waals surface area contributed by atoms with Crippen LogP contribution in [0, 0.1) is 0 Å². The summed E-state index contributed by atoms with van der Waals surface area (Å²) in [6.07, 6.45) is 1.69. The molecule has 0 amide bonds. The van der Waals surface area contributed by atoms with Gasteiger partial charge in [0.05, 0.1) is 31.9 Å². The van der Waals surface area contributed by atoms with Crippen molar-refractivity contribution < 1.29 is 13.9 Å². The second-order valence-corrected chi connectivity index (χ2v) is 6.09. The van der Waals surface area contributed by atoms with Gasteiger partial charge in [-0.05, 0) is 36.5 Å². The Hall–Kier alpha value is -1.86. The Morgan fingerprint density at radius 1 is 1.26 bits per heavy atom. The molecular weight excluding hydrogens is 332 g/mol. The largest absolute Gasteiger partial charge is 0.497 e. The fourth-order valence-corrected chi connectivity index (χ4v) is 2.85. The summed E-state index contributed by atoms with van der Waals surface area (Å²) in [6.45, 7) is 0.767. The van der Waals surface area contributed by atoms with Crippen molar-refractivity contribution in [2.45, 2.75) is 5.75 Å². The van der Waals surface area contributed by atoms with Crippen LogP contribution in [0.15, 0.2) is 41.0 Å². The number of benzene rings is 1. The van der Waals surface area contributed by atoms with Gasteiger partial charge >= 0.3 is 0 Å². The molecule has 1 heterocycles. The maximum Gasteiger partial charge on any atom is 0.170 e. The molecule has 0 radical (unpaired) electrons. The maximum absolute atomic E-state index is 5.31. The molecular formula is C16H20N2O3S2. The van der Waals surface area contributed by atoms with Crippen LogP contribution < -0.4 is 20.1 Å². The molecule has 2 N–H and O–H groups in total. The van der Waals surface area contributed by atoms with Gasteiger partial charge in [0, 0.05) is 18.4 Å². The second kappa shape index (κ2) is 9.32. The quantitative estimate of drug-likeness (QED) is 0.557. The normalized spacial score (nSPS) is 10.2. The van der Waals surface area contributed by atoms with Crippen LogP contribution in [0.2, 0.25) is 0 Å². The highest BCUT2D eigenvalue weighted by Gasteiger charge is 2.06. The zero-order valence-corrected chi connectivity index (χ0v) is 14.8. The molecule has 0 aliphatic carbocycles. The van der Waals surface area contributed by atoms with Crippen LogP contribution in [-0.4, -0.2) is 31.6 Å². The van der Waals surface area contributed by atoms with Gasteiger partial charge in [-0.15, -0.1) is 0 Å². The fraction of sp³-hybridized carbons (Fsp3) is 0.312. The van der Waals surface area contributed by atoms with Gasteiger partial charge < -0.3 is 24.5 Å². The van der Waals surface area contributed by atoms with Gasteiger partial charge in [0.2, 0.25) is 0 Å². The maximum atomic E-state index is 5.31. The number of hydrogen-bond donors (Lipinski definition) is 2. The van der Waals surface area contributed by atoms with Crippen LogP contribution in [0.3, 0.4) is 0 Å². The average molecular weight is 352 g/mol. The van der Waals surface area contributed by atoms with Crippen molar-refractivity contribution in [1.82, 2.24) is 5.32 Å². The third-order valence-electron chi connectivity index (χ3n) is 3.01. The van der Waals surface area contributed by atoms with Gasteiger partial charge in [-0.1, -0.05) is 0 Å². The first-order valence-corrected chi connectivity index (χ1v) is 8.66. The number of thiocarbonyl (C=S) groups is 1. The van der Waals surface area contributed by atoms with Crippen LogP contribution in [0.4, 0.5) is 5.69 Å². The number of methoxy groups -OCH3 is 2. The standard InChI is InChI=1S/C16H20N2O3S2/c1-19-12-5-6-15(20-2)14(10-12)18-16(22)17-7-9-23-11-13-4-3-8-21-13/h3-6,8,10H,7,9,11H2,1-2H3,(H2,17,18,22). The first-order valence-electron chi connectivity index (χ1n) is 7.10. The lowest BCUT2D eigenvalue weighted by molar-refractivity contribution is 0.405. The van der Waals surface area contributed by atoms with Gasteiger partial charge in [0.25, 0.3) is 0 Å². The minimum Gasteiger partial charge on any atom is -0.497 e. The van der Waals surface area contributed by atoms with Crippen molar-refractivity contribution in [3.63, 3.8) is 0 Å². The lowest BCUT2D eigenvalue weighted by Gasteiger charge is -2.14. The fourth-order valence-electron chi connectivity index (χ4n) is 1.88. The topological polar surface area (TPSA) is 55.7 Å². The van der Waals surface area contributed by atoms with Crippen LogP contribution >= 0.6 is 24.0 Å². The third-order valence-corrected chi connectivity index (χ3v) is 4.24. The first kappa shape index (κ1) is 17.5. The molecule has 2 aromatic rings. The molecule has 1 aromatic heterocycles. The number of ether oxygens (including phenoxy) is 2. The van der Waals surface area contributed by atoms with Crippen molar-refractivity contribution in [3.05, 3.63) is 42.4 Å². The molecule has 7 heteroatoms. The number of hydrogen-bond acceptors (Lipinski definition) is 5. The van der Waals surface area contributed by atoms with Crippen LogP contribution in [0.1, 0.15) is 5.76 Å². The van der Waals surface area contributed by atoms with E-state index in [1.165, 1.54) is 0 Å². The molecule has 23 heavy (non-hydrogen) atoms. The summed E-state index contributed by atoms with van der Waals surface area (Å²) in [4.78, 5) is 0.